The number of ether oxygens (including phenoxy) is 4. The highest BCUT2D eigenvalue weighted by molar-refractivity contribution is 5.87. The summed E-state index contributed by atoms with van der Waals surface area (Å²) in [6, 6.07) is 40.9. The molecule has 0 amide bonds. The number of aliphatic hydroxyl groups excluding tert-OH is 4. The zero-order valence-corrected chi connectivity index (χ0v) is 92.7. The minimum atomic E-state index is -0.878. The van der Waals surface area contributed by atoms with Gasteiger partial charge in [-0.2, -0.15) is 0 Å². The zero-order valence-electron chi connectivity index (χ0n) is 92.7. The smallest absolute Gasteiger partial charge is 0.163 e. The van der Waals surface area contributed by atoms with Crippen molar-refractivity contribution in [2.24, 2.45) is 202 Å². The number of hydrogen-bond donors (Lipinski definition) is 8. The number of hydrogen-bond acceptors (Lipinski definition) is 15. The van der Waals surface area contributed by atoms with Gasteiger partial charge < -0.3 is 69.4 Å². The third-order valence-electron chi connectivity index (χ3n) is 50.6. The van der Waals surface area contributed by atoms with Crippen molar-refractivity contribution in [3.05, 3.63) is 144 Å². The van der Waals surface area contributed by atoms with E-state index in [9.17, 15) is 55.2 Å². The molecule has 0 spiro atoms. The molecular formula is C130H192O15. The maximum absolute atomic E-state index is 12.8. The second-order valence-electron chi connectivity index (χ2n) is 57.6. The van der Waals surface area contributed by atoms with E-state index in [0.29, 0.717) is 112 Å². The van der Waals surface area contributed by atoms with E-state index < -0.39 is 46.2 Å². The van der Waals surface area contributed by atoms with Crippen LogP contribution in [0.5, 0.6) is 0 Å². The average molecular weight is 1990 g/mol. The number of aliphatic hydroxyl groups is 8. The van der Waals surface area contributed by atoms with Gasteiger partial charge in [-0.15, -0.1) is 0 Å². The zero-order chi connectivity index (χ0) is 103. The van der Waals surface area contributed by atoms with Crippen LogP contribution >= 0.6 is 0 Å². The van der Waals surface area contributed by atoms with Crippen molar-refractivity contribution in [2.45, 2.75) is 427 Å². The van der Waals surface area contributed by atoms with Crippen LogP contribution in [0.3, 0.4) is 0 Å². The molecule has 0 bridgehead atoms. The Labute approximate surface area is 872 Å². The molecule has 15 heteroatoms. The van der Waals surface area contributed by atoms with Crippen LogP contribution in [-0.2, 0) is 55.7 Å². The van der Waals surface area contributed by atoms with Gasteiger partial charge in [0.05, 0.1) is 59.0 Å². The molecule has 145 heavy (non-hydrogen) atoms. The van der Waals surface area contributed by atoms with Crippen LogP contribution in [0, 0.1) is 202 Å². The highest BCUT2D eigenvalue weighted by Crippen LogP contribution is 2.77. The van der Waals surface area contributed by atoms with Crippen molar-refractivity contribution in [3.8, 4) is 0 Å². The molecule has 8 N–H and O–H groups in total. The van der Waals surface area contributed by atoms with Crippen molar-refractivity contribution >= 4 is 18.4 Å². The molecule has 4 aromatic rings. The quantitative estimate of drug-likeness (QED) is 0.0688. The van der Waals surface area contributed by atoms with Gasteiger partial charge in [-0.3, -0.25) is 4.79 Å². The van der Waals surface area contributed by atoms with Gasteiger partial charge in [0.1, 0.15) is 18.4 Å². The topological polar surface area (TPSA) is 250 Å². The Morgan fingerprint density at radius 1 is 0.297 bits per heavy atom. The van der Waals surface area contributed by atoms with E-state index in [-0.39, 0.29) is 128 Å². The number of fused-ring (bicyclic) bond motifs is 23. The number of carbonyl (C=O) groups excluding carboxylic acids is 3. The van der Waals surface area contributed by atoms with Crippen LogP contribution in [0.4, 0.5) is 0 Å². The molecule has 2 heterocycles. The molecule has 2 aliphatic heterocycles. The Morgan fingerprint density at radius 2 is 0.628 bits per heavy atom. The SMILES string of the molecule is C[C@H]1CC[C@@]2(C)[C@H](C1)[C@@H](O)[C@H](O)C1[C@@H]2CC[C@@]2(C)[C@H]1CC[C@@]2(O)c1ccccc1.C[C@H]1CC[C@@]2(C)[C@H](C1)[C@H]1OC(C)(C)O[C@@H]1C1[C@@H]2CC[C@@]2(C)[C@H]1CC[C@@]2(O)c1ccccc1.C[C@H]1CC[C@@]2(C)[C@H](C1)[C@H]1OC(C)(C)O[C@@H]1C1[C@@H]2CC[C@]2(C)C(=O)CC[C@@H]12.C[C@H]1CC[C@](C)([C@H]2CC[C@@]3(C)[C@@H](CC[C@@]3(O)c3ccccc3)C2C=O)[C@@H](C=O)C1.C[C@H]1CC[C@](C)([C@H]2CC[C@@]3(C)[C@@H](CC[C@@]3(O)c3ccccc3)[C@@H]2CO)[C@@H](CO)C1. The van der Waals surface area contributed by atoms with E-state index in [1.165, 1.54) is 76.8 Å². The van der Waals surface area contributed by atoms with Crippen LogP contribution in [0.1, 0.15) is 379 Å². The van der Waals surface area contributed by atoms with Gasteiger partial charge in [0, 0.05) is 58.5 Å². The molecule has 0 aromatic heterocycles. The molecule has 20 aliphatic rings. The Bertz CT molecular complexity index is 5190. The Kier molecular flexibility index (Phi) is 28.7. The van der Waals surface area contributed by atoms with Crippen LogP contribution in [0.15, 0.2) is 121 Å². The highest BCUT2D eigenvalue weighted by Gasteiger charge is 2.76. The molecule has 0 radical (unpaired) electrons. The number of Topliss-reactive ketones (excluding diaryl/α,β-unsaturated/α-hetero) is 1. The Balaban J connectivity index is 0.000000111. The van der Waals surface area contributed by atoms with Gasteiger partial charge in [-0.1, -0.05) is 257 Å². The monoisotopic (exact) mass is 1990 g/mol. The lowest BCUT2D eigenvalue weighted by Gasteiger charge is -2.64. The lowest BCUT2D eigenvalue weighted by atomic mass is 9.42. The first-order valence-electron chi connectivity index (χ1n) is 59.4. The maximum atomic E-state index is 12.8. The van der Waals surface area contributed by atoms with Gasteiger partial charge in [-0.25, -0.2) is 0 Å². The number of benzene rings is 4. The first-order chi connectivity index (χ1) is 68.6. The predicted octanol–water partition coefficient (Wildman–Crippen LogP) is 25.7. The molecule has 18 saturated carbocycles. The van der Waals surface area contributed by atoms with Gasteiger partial charge >= 0.3 is 0 Å². The van der Waals surface area contributed by atoms with E-state index in [0.717, 1.165) is 188 Å². The van der Waals surface area contributed by atoms with Crippen molar-refractivity contribution in [1.29, 1.82) is 0 Å². The first kappa shape index (κ1) is 107. The van der Waals surface area contributed by atoms with Gasteiger partial charge in [-0.05, 0) is 399 Å². The van der Waals surface area contributed by atoms with Crippen LogP contribution in [0.2, 0.25) is 0 Å². The van der Waals surface area contributed by atoms with E-state index >= 15 is 0 Å². The van der Waals surface area contributed by atoms with Crippen LogP contribution < -0.4 is 0 Å². The second-order valence-corrected chi connectivity index (χ2v) is 57.6. The Morgan fingerprint density at radius 3 is 1.06 bits per heavy atom. The standard InChI is InChI=1S/C29H42O3.C26H38O3.C26H40O3.C26H36O3.C23H36O3/c1-18-11-14-27(4)20-12-15-28(5)21(13-16-29(28,30)19-9-7-6-8-10-19)23(20)25-24(22(27)17-18)31-26(2,3)32-25;1-16-9-12-24(2)18-10-13-25(3)19(21(18)23(28)22(27)20(24)15-16)11-14-26(25,29)17-7-5-4-6-8-17;2*1-18-9-12-24(2,20(15-18)16-27)22-10-13-25(3)23(21(22)17-28)11-14-26(25,29)19-7-5-4-6-8-19;1-13-8-10-22(4)15-9-11-23(5)14(6-7-17(23)24)18(15)20-19(16(22)12-13)25-21(2,3)26-20/h6-10,18,20-25,30H,11-17H2,1-5H3;4-8,16,18-23,27-29H,9-15H2,1-3H3;4-8,18,20-23,27-29H,9-17H2,1-3H3;4-8,16-18,20-23,29H,9-15H2,1-3H3;13-16,18-20H,6-12H2,1-5H3/t18-,20-,21-,22+,23?,24+,25+,27+,28-,29+;16-,18-,19-,20+,21?,22+,23+,24+,25-,26+;18-,20+,21+,22-,23-,24-,25-,26+;18-,20+,21?,22-,23-,24-,25-,26+;13-,14-,15-,16+,18?,19+,20+,22+,23-/m00000/s1. The molecule has 20 fully saturated rings. The van der Waals surface area contributed by atoms with Crippen molar-refractivity contribution in [1.82, 2.24) is 0 Å². The summed E-state index contributed by atoms with van der Waals surface area (Å²) in [5.74, 6) is 10.2. The normalized spacial score (nSPS) is 52.1. The molecule has 18 aliphatic carbocycles. The minimum absolute atomic E-state index is 0.0393. The largest absolute Gasteiger partial charge is 0.396 e. The minimum Gasteiger partial charge on any atom is -0.396 e. The molecule has 2 saturated heterocycles. The fourth-order valence-electron chi connectivity index (χ4n) is 42.0. The molecule has 45 atom stereocenters. The number of aldehydes is 2. The third kappa shape index (κ3) is 16.8. The molecular weight excluding hydrogens is 1800 g/mol. The summed E-state index contributed by atoms with van der Waals surface area (Å²) in [6.45, 7) is 44.1. The Hall–Kier alpha value is -4.59. The molecule has 24 rings (SSSR count). The predicted molar refractivity (Wildman–Crippen MR) is 571 cm³/mol. The van der Waals surface area contributed by atoms with E-state index in [4.69, 9.17) is 18.9 Å². The lowest BCUT2D eigenvalue weighted by molar-refractivity contribution is -0.229. The summed E-state index contributed by atoms with van der Waals surface area (Å²) >= 11 is 0. The molecule has 4 unspecified atom stereocenters. The summed E-state index contributed by atoms with van der Waals surface area (Å²) in [5.41, 5.74) is 0.692. The summed E-state index contributed by atoms with van der Waals surface area (Å²) < 4.78 is 26.7. The van der Waals surface area contributed by atoms with Gasteiger partial charge in [0.2, 0.25) is 0 Å². The summed E-state index contributed by atoms with van der Waals surface area (Å²) in [4.78, 5) is 37.2. The third-order valence-corrected chi connectivity index (χ3v) is 50.6. The number of carbonyl (C=O) groups is 3. The molecule has 802 valence electrons. The van der Waals surface area contributed by atoms with E-state index in [1.54, 1.807) is 0 Å². The summed E-state index contributed by atoms with van der Waals surface area (Å²) in [5, 5.41) is 91.3. The summed E-state index contributed by atoms with van der Waals surface area (Å²) in [6.07, 6.45) is 39.1. The van der Waals surface area contributed by atoms with E-state index in [1.807, 2.05) is 66.7 Å². The average Bonchev–Trinajstić information content (AvgIpc) is 1.55. The first-order valence-corrected chi connectivity index (χ1v) is 59.4. The van der Waals surface area contributed by atoms with E-state index in [2.05, 4.69) is 186 Å². The van der Waals surface area contributed by atoms with Crippen molar-refractivity contribution < 1.29 is 74.2 Å². The molecule has 4 aromatic carbocycles. The maximum Gasteiger partial charge on any atom is 0.163 e. The van der Waals surface area contributed by atoms with Crippen LogP contribution in [0.25, 0.3) is 0 Å². The number of rotatable bonds is 10. The lowest BCUT2D eigenvalue weighted by Crippen LogP contribution is -2.64. The number of ketones is 1. The van der Waals surface area contributed by atoms with Crippen LogP contribution in [-0.4, -0.2) is 121 Å². The molecule has 15 nitrogen and oxygen atoms in total. The van der Waals surface area contributed by atoms with Gasteiger partial charge in [0.15, 0.2) is 11.6 Å². The fourth-order valence-corrected chi connectivity index (χ4v) is 42.0. The highest BCUT2D eigenvalue weighted by atomic mass is 16.8. The van der Waals surface area contributed by atoms with Crippen molar-refractivity contribution in [3.63, 3.8) is 0 Å². The van der Waals surface area contributed by atoms with Crippen molar-refractivity contribution in [2.75, 3.05) is 13.2 Å². The summed E-state index contributed by atoms with van der Waals surface area (Å²) in [7, 11) is 0. The van der Waals surface area contributed by atoms with Gasteiger partial charge in [0.25, 0.3) is 0 Å². The second kappa shape index (κ2) is 38.8. The fraction of sp³-hybridized carbons (Fsp3) is 0.792.